The van der Waals surface area contributed by atoms with Crippen LogP contribution < -0.4 is 10.6 Å². The van der Waals surface area contributed by atoms with Crippen LogP contribution in [-0.4, -0.2) is 23.6 Å². The molecule has 114 valence electrons. The SMILES string of the molecule is CCc1nc(-c2ccc(N(C)C)cc2)c(N)n1C(C)(C)C. The average Bonchev–Trinajstić information content (AvgIpc) is 2.75. The van der Waals surface area contributed by atoms with Gasteiger partial charge >= 0.3 is 0 Å². The van der Waals surface area contributed by atoms with Crippen LogP contribution in [0.2, 0.25) is 0 Å². The molecule has 2 rings (SSSR count). The third-order valence-electron chi connectivity index (χ3n) is 3.63. The molecule has 0 bridgehead atoms. The number of aromatic nitrogens is 2. The summed E-state index contributed by atoms with van der Waals surface area (Å²) in [6.07, 6.45) is 0.872. The van der Waals surface area contributed by atoms with Crippen molar-refractivity contribution >= 4 is 11.5 Å². The van der Waals surface area contributed by atoms with E-state index in [-0.39, 0.29) is 5.54 Å². The molecule has 0 aliphatic rings. The Bertz CT molecular complexity index is 615. The standard InChI is InChI=1S/C17H26N4/c1-7-14-19-15(16(18)21(14)17(2,3)4)12-8-10-13(11-9-12)20(5)6/h8-11H,7,18H2,1-6H3. The van der Waals surface area contributed by atoms with Gasteiger partial charge in [0, 0.05) is 37.3 Å². The van der Waals surface area contributed by atoms with Gasteiger partial charge in [-0.15, -0.1) is 0 Å². The number of benzene rings is 1. The van der Waals surface area contributed by atoms with E-state index < -0.39 is 0 Å². The normalized spacial score (nSPS) is 11.7. The van der Waals surface area contributed by atoms with Gasteiger partial charge in [0.05, 0.1) is 0 Å². The van der Waals surface area contributed by atoms with Crippen LogP contribution in [0.1, 0.15) is 33.5 Å². The molecule has 2 N–H and O–H groups in total. The van der Waals surface area contributed by atoms with Crippen molar-refractivity contribution in [3.05, 3.63) is 30.1 Å². The first-order valence-electron chi connectivity index (χ1n) is 7.41. The van der Waals surface area contributed by atoms with Gasteiger partial charge in [-0.25, -0.2) is 4.98 Å². The van der Waals surface area contributed by atoms with E-state index in [0.717, 1.165) is 29.3 Å². The Balaban J connectivity index is 2.52. The number of anilines is 2. The van der Waals surface area contributed by atoms with Crippen LogP contribution in [0.15, 0.2) is 24.3 Å². The number of nitrogens with two attached hydrogens (primary N) is 1. The average molecular weight is 286 g/mol. The van der Waals surface area contributed by atoms with Crippen LogP contribution >= 0.6 is 0 Å². The third-order valence-corrected chi connectivity index (χ3v) is 3.63. The Hall–Kier alpha value is -1.97. The maximum Gasteiger partial charge on any atom is 0.132 e. The number of aryl methyl sites for hydroxylation is 1. The second-order valence-corrected chi connectivity index (χ2v) is 6.56. The van der Waals surface area contributed by atoms with Crippen LogP contribution in [0.4, 0.5) is 11.5 Å². The predicted molar refractivity (Wildman–Crippen MR) is 90.8 cm³/mol. The molecule has 1 aromatic heterocycles. The van der Waals surface area contributed by atoms with Gasteiger partial charge in [0.15, 0.2) is 0 Å². The molecule has 1 heterocycles. The number of hydrogen-bond donors (Lipinski definition) is 1. The van der Waals surface area contributed by atoms with E-state index in [9.17, 15) is 0 Å². The van der Waals surface area contributed by atoms with Crippen molar-refractivity contribution in [1.29, 1.82) is 0 Å². The first-order chi connectivity index (χ1) is 9.75. The molecule has 0 atom stereocenters. The van der Waals surface area contributed by atoms with Crippen LogP contribution in [0.5, 0.6) is 0 Å². The van der Waals surface area contributed by atoms with E-state index >= 15 is 0 Å². The van der Waals surface area contributed by atoms with Gasteiger partial charge in [-0.3, -0.25) is 0 Å². The van der Waals surface area contributed by atoms with Gasteiger partial charge in [0.2, 0.25) is 0 Å². The van der Waals surface area contributed by atoms with E-state index in [1.54, 1.807) is 0 Å². The highest BCUT2D eigenvalue weighted by atomic mass is 15.2. The molecule has 0 saturated carbocycles. The van der Waals surface area contributed by atoms with Gasteiger partial charge in [0.25, 0.3) is 0 Å². The maximum atomic E-state index is 6.39. The van der Waals surface area contributed by atoms with Gasteiger partial charge in [-0.05, 0) is 32.9 Å². The summed E-state index contributed by atoms with van der Waals surface area (Å²) >= 11 is 0. The lowest BCUT2D eigenvalue weighted by Crippen LogP contribution is -2.25. The fourth-order valence-corrected chi connectivity index (χ4v) is 2.60. The summed E-state index contributed by atoms with van der Waals surface area (Å²) < 4.78 is 2.14. The second-order valence-electron chi connectivity index (χ2n) is 6.56. The van der Waals surface area contributed by atoms with E-state index in [1.807, 2.05) is 14.1 Å². The molecule has 0 unspecified atom stereocenters. The predicted octanol–water partition coefficient (Wildman–Crippen LogP) is 3.52. The number of rotatable bonds is 3. The van der Waals surface area contributed by atoms with E-state index in [4.69, 9.17) is 10.7 Å². The molecule has 0 fully saturated rings. The molecule has 21 heavy (non-hydrogen) atoms. The smallest absolute Gasteiger partial charge is 0.132 e. The van der Waals surface area contributed by atoms with Crippen molar-refractivity contribution in [2.75, 3.05) is 24.7 Å². The van der Waals surface area contributed by atoms with Crippen molar-refractivity contribution in [2.24, 2.45) is 0 Å². The Morgan fingerprint density at radius 1 is 1.14 bits per heavy atom. The summed E-state index contributed by atoms with van der Waals surface area (Å²) in [5.74, 6) is 1.78. The minimum absolute atomic E-state index is 0.0652. The number of hydrogen-bond acceptors (Lipinski definition) is 3. The zero-order valence-electron chi connectivity index (χ0n) is 13.9. The Morgan fingerprint density at radius 3 is 2.10 bits per heavy atom. The maximum absolute atomic E-state index is 6.39. The van der Waals surface area contributed by atoms with Crippen LogP contribution in [-0.2, 0) is 12.0 Å². The summed E-state index contributed by atoms with van der Waals surface area (Å²) in [6.45, 7) is 8.58. The van der Waals surface area contributed by atoms with E-state index in [1.165, 1.54) is 5.69 Å². The van der Waals surface area contributed by atoms with Crippen molar-refractivity contribution < 1.29 is 0 Å². The third kappa shape index (κ3) is 2.89. The second kappa shape index (κ2) is 5.43. The summed E-state index contributed by atoms with van der Waals surface area (Å²) in [5.41, 5.74) is 9.44. The van der Waals surface area contributed by atoms with Crippen molar-refractivity contribution in [3.63, 3.8) is 0 Å². The largest absolute Gasteiger partial charge is 0.383 e. The topological polar surface area (TPSA) is 47.1 Å². The quantitative estimate of drug-likeness (QED) is 0.939. The lowest BCUT2D eigenvalue weighted by Gasteiger charge is -2.24. The minimum Gasteiger partial charge on any atom is -0.383 e. The van der Waals surface area contributed by atoms with Gasteiger partial charge in [-0.1, -0.05) is 19.1 Å². The molecule has 4 nitrogen and oxygen atoms in total. The zero-order chi connectivity index (χ0) is 15.8. The monoisotopic (exact) mass is 286 g/mol. The fourth-order valence-electron chi connectivity index (χ4n) is 2.60. The summed E-state index contributed by atoms with van der Waals surface area (Å²) in [7, 11) is 4.07. The highest BCUT2D eigenvalue weighted by molar-refractivity contribution is 5.72. The first kappa shape index (κ1) is 15.4. The molecule has 0 aliphatic carbocycles. The molecule has 0 amide bonds. The van der Waals surface area contributed by atoms with E-state index in [0.29, 0.717) is 0 Å². The molecule has 0 radical (unpaired) electrons. The van der Waals surface area contributed by atoms with Crippen LogP contribution in [0.25, 0.3) is 11.3 Å². The van der Waals surface area contributed by atoms with Crippen molar-refractivity contribution in [3.8, 4) is 11.3 Å². The lowest BCUT2D eigenvalue weighted by atomic mass is 10.1. The molecule has 0 saturated heterocycles. The number of nitrogen functional groups attached to an aromatic ring is 1. The summed E-state index contributed by atoms with van der Waals surface area (Å²) in [5, 5.41) is 0. The number of nitrogens with zero attached hydrogens (tertiary/aromatic N) is 3. The molecule has 0 spiro atoms. The lowest BCUT2D eigenvalue weighted by molar-refractivity contribution is 0.389. The Labute approximate surface area is 127 Å². The van der Waals surface area contributed by atoms with Crippen LogP contribution in [0.3, 0.4) is 0 Å². The van der Waals surface area contributed by atoms with Gasteiger partial charge in [-0.2, -0.15) is 0 Å². The Kier molecular flexibility index (Phi) is 3.99. The molecular formula is C17H26N4. The van der Waals surface area contributed by atoms with Crippen LogP contribution in [0, 0.1) is 0 Å². The fraction of sp³-hybridized carbons (Fsp3) is 0.471. The molecule has 4 heteroatoms. The van der Waals surface area contributed by atoms with Gasteiger partial charge in [0.1, 0.15) is 17.3 Å². The zero-order valence-corrected chi connectivity index (χ0v) is 13.9. The Morgan fingerprint density at radius 2 is 1.71 bits per heavy atom. The first-order valence-corrected chi connectivity index (χ1v) is 7.41. The highest BCUT2D eigenvalue weighted by Gasteiger charge is 2.23. The molecule has 2 aromatic rings. The molecule has 1 aromatic carbocycles. The minimum atomic E-state index is -0.0652. The van der Waals surface area contributed by atoms with E-state index in [2.05, 4.69) is 61.4 Å². The number of imidazole rings is 1. The van der Waals surface area contributed by atoms with Crippen molar-refractivity contribution in [2.45, 2.75) is 39.7 Å². The van der Waals surface area contributed by atoms with Gasteiger partial charge < -0.3 is 15.2 Å². The summed E-state index contributed by atoms with van der Waals surface area (Å²) in [6, 6.07) is 8.36. The molecular weight excluding hydrogens is 260 g/mol. The highest BCUT2D eigenvalue weighted by Crippen LogP contribution is 2.32. The van der Waals surface area contributed by atoms with Crippen molar-refractivity contribution in [1.82, 2.24) is 9.55 Å². The summed E-state index contributed by atoms with van der Waals surface area (Å²) in [4.78, 5) is 6.85. The molecule has 0 aliphatic heterocycles.